The molecule has 0 aromatic rings. The fourth-order valence-electron chi connectivity index (χ4n) is 1.65. The van der Waals surface area contributed by atoms with Crippen molar-refractivity contribution in [1.82, 2.24) is 15.5 Å². The van der Waals surface area contributed by atoms with Crippen molar-refractivity contribution in [3.63, 3.8) is 0 Å². The molecule has 0 aromatic carbocycles. The third-order valence-electron chi connectivity index (χ3n) is 2.73. The molecule has 20 heavy (non-hydrogen) atoms. The number of hydrogen-bond acceptors (Lipinski definition) is 4. The Morgan fingerprint density at radius 2 is 1.95 bits per heavy atom. The van der Waals surface area contributed by atoms with Crippen LogP contribution in [0.15, 0.2) is 4.99 Å². The maximum atomic E-state index is 5.29. The third-order valence-corrected chi connectivity index (χ3v) is 2.73. The molecule has 0 atom stereocenters. The van der Waals surface area contributed by atoms with Crippen LogP contribution in [0.4, 0.5) is 0 Å². The SMILES string of the molecule is CCNC(=NCCN(C)CCCOC)NCCOCC. The molecule has 0 aliphatic rings. The molecule has 2 N–H and O–H groups in total. The van der Waals surface area contributed by atoms with E-state index in [1.807, 2.05) is 6.92 Å². The van der Waals surface area contributed by atoms with Crippen LogP contribution in [0.3, 0.4) is 0 Å². The summed E-state index contributed by atoms with van der Waals surface area (Å²) in [5.74, 6) is 0.859. The van der Waals surface area contributed by atoms with E-state index in [-0.39, 0.29) is 0 Å². The largest absolute Gasteiger partial charge is 0.385 e. The molecular weight excluding hydrogens is 256 g/mol. The lowest BCUT2D eigenvalue weighted by atomic mass is 10.4. The zero-order chi connectivity index (χ0) is 15.1. The molecule has 0 bridgehead atoms. The van der Waals surface area contributed by atoms with E-state index in [1.54, 1.807) is 7.11 Å². The predicted molar refractivity (Wildman–Crippen MR) is 84.5 cm³/mol. The highest BCUT2D eigenvalue weighted by molar-refractivity contribution is 5.79. The predicted octanol–water partition coefficient (Wildman–Crippen LogP) is 0.546. The first-order valence-electron chi connectivity index (χ1n) is 7.52. The molecule has 0 saturated carbocycles. The van der Waals surface area contributed by atoms with E-state index < -0.39 is 0 Å². The lowest BCUT2D eigenvalue weighted by Crippen LogP contribution is -2.39. The van der Waals surface area contributed by atoms with Crippen LogP contribution in [-0.4, -0.2) is 77.6 Å². The van der Waals surface area contributed by atoms with E-state index in [4.69, 9.17) is 9.47 Å². The first-order chi connectivity index (χ1) is 9.74. The monoisotopic (exact) mass is 288 g/mol. The fourth-order valence-corrected chi connectivity index (χ4v) is 1.65. The van der Waals surface area contributed by atoms with Gasteiger partial charge in [0.25, 0.3) is 0 Å². The summed E-state index contributed by atoms with van der Waals surface area (Å²) in [7, 11) is 3.85. The summed E-state index contributed by atoms with van der Waals surface area (Å²) >= 11 is 0. The Morgan fingerprint density at radius 1 is 1.15 bits per heavy atom. The number of ether oxygens (including phenoxy) is 2. The molecular formula is C14H32N4O2. The van der Waals surface area contributed by atoms with Gasteiger partial charge in [0.2, 0.25) is 0 Å². The first kappa shape index (κ1) is 19.1. The van der Waals surface area contributed by atoms with Crippen LogP contribution in [0.25, 0.3) is 0 Å². The van der Waals surface area contributed by atoms with Crippen LogP contribution >= 0.6 is 0 Å². The molecule has 0 amide bonds. The molecule has 0 aliphatic carbocycles. The Morgan fingerprint density at radius 3 is 2.60 bits per heavy atom. The molecule has 6 heteroatoms. The van der Waals surface area contributed by atoms with Gasteiger partial charge in [-0.2, -0.15) is 0 Å². The summed E-state index contributed by atoms with van der Waals surface area (Å²) in [6.45, 7) is 10.8. The minimum absolute atomic E-state index is 0.706. The van der Waals surface area contributed by atoms with Crippen molar-refractivity contribution in [2.45, 2.75) is 20.3 Å². The number of aliphatic imine (C=N–C) groups is 1. The molecule has 0 aliphatic heterocycles. The molecule has 0 aromatic heterocycles. The number of hydrogen-bond donors (Lipinski definition) is 2. The summed E-state index contributed by atoms with van der Waals surface area (Å²) in [4.78, 5) is 6.82. The fraction of sp³-hybridized carbons (Fsp3) is 0.929. The normalized spacial score (nSPS) is 11.9. The van der Waals surface area contributed by atoms with Gasteiger partial charge in [0.1, 0.15) is 0 Å². The van der Waals surface area contributed by atoms with E-state index in [9.17, 15) is 0 Å². The summed E-state index contributed by atoms with van der Waals surface area (Å²) in [6, 6.07) is 0. The molecule has 0 fully saturated rings. The van der Waals surface area contributed by atoms with Crippen LogP contribution < -0.4 is 10.6 Å². The van der Waals surface area contributed by atoms with Crippen molar-refractivity contribution >= 4 is 5.96 Å². The van der Waals surface area contributed by atoms with Crippen LogP contribution in [-0.2, 0) is 9.47 Å². The van der Waals surface area contributed by atoms with Crippen LogP contribution in [0, 0.1) is 0 Å². The van der Waals surface area contributed by atoms with Gasteiger partial charge in [-0.05, 0) is 27.3 Å². The van der Waals surface area contributed by atoms with Crippen molar-refractivity contribution in [1.29, 1.82) is 0 Å². The second kappa shape index (κ2) is 14.6. The van der Waals surface area contributed by atoms with Crippen molar-refractivity contribution < 1.29 is 9.47 Å². The quantitative estimate of drug-likeness (QED) is 0.312. The van der Waals surface area contributed by atoms with Crippen LogP contribution in [0.1, 0.15) is 20.3 Å². The van der Waals surface area contributed by atoms with Gasteiger partial charge in [-0.15, -0.1) is 0 Å². The van der Waals surface area contributed by atoms with Crippen molar-refractivity contribution in [2.24, 2.45) is 4.99 Å². The van der Waals surface area contributed by atoms with E-state index in [0.717, 1.165) is 58.3 Å². The molecule has 0 rings (SSSR count). The molecule has 120 valence electrons. The van der Waals surface area contributed by atoms with E-state index >= 15 is 0 Å². The summed E-state index contributed by atoms with van der Waals surface area (Å²) < 4.78 is 10.3. The van der Waals surface area contributed by atoms with E-state index in [1.165, 1.54) is 0 Å². The number of guanidine groups is 1. The second-order valence-corrected chi connectivity index (χ2v) is 4.53. The third kappa shape index (κ3) is 12.2. The lowest BCUT2D eigenvalue weighted by molar-refractivity contribution is 0.152. The van der Waals surface area contributed by atoms with E-state index in [2.05, 4.69) is 34.5 Å². The van der Waals surface area contributed by atoms with Gasteiger partial charge in [0.15, 0.2) is 5.96 Å². The maximum absolute atomic E-state index is 5.29. The number of methoxy groups -OCH3 is 1. The summed E-state index contributed by atoms with van der Waals surface area (Å²) in [5, 5.41) is 6.49. The standard InChI is InChI=1S/C14H32N4O2/c1-5-15-14(17-9-13-20-6-2)16-8-11-18(3)10-7-12-19-4/h5-13H2,1-4H3,(H2,15,16,17). The molecule has 0 radical (unpaired) electrons. The highest BCUT2D eigenvalue weighted by Gasteiger charge is 1.99. The minimum Gasteiger partial charge on any atom is -0.385 e. The van der Waals surface area contributed by atoms with Gasteiger partial charge in [0, 0.05) is 46.5 Å². The maximum Gasteiger partial charge on any atom is 0.191 e. The number of rotatable bonds is 12. The Hall–Kier alpha value is -0.850. The number of nitrogens with one attached hydrogen (secondary N) is 2. The number of likely N-dealkylation sites (N-methyl/N-ethyl adjacent to an activating group) is 1. The Balaban J connectivity index is 3.82. The Kier molecular flexibility index (Phi) is 13.9. The molecule has 0 unspecified atom stereocenters. The topological polar surface area (TPSA) is 58.1 Å². The van der Waals surface area contributed by atoms with Crippen molar-refractivity contribution in [3.05, 3.63) is 0 Å². The lowest BCUT2D eigenvalue weighted by Gasteiger charge is -2.16. The Bertz CT molecular complexity index is 237. The average Bonchev–Trinajstić information content (AvgIpc) is 2.44. The van der Waals surface area contributed by atoms with Gasteiger partial charge >= 0.3 is 0 Å². The number of nitrogens with zero attached hydrogens (tertiary/aromatic N) is 2. The van der Waals surface area contributed by atoms with Crippen molar-refractivity contribution in [2.75, 3.05) is 66.7 Å². The smallest absolute Gasteiger partial charge is 0.191 e. The van der Waals surface area contributed by atoms with Crippen LogP contribution in [0.5, 0.6) is 0 Å². The Labute approximate surface area is 123 Å². The van der Waals surface area contributed by atoms with Gasteiger partial charge in [0.05, 0.1) is 13.2 Å². The molecule has 0 heterocycles. The van der Waals surface area contributed by atoms with E-state index in [0.29, 0.717) is 6.61 Å². The summed E-state index contributed by atoms with van der Waals surface area (Å²) in [5.41, 5.74) is 0. The molecule has 0 spiro atoms. The minimum atomic E-state index is 0.706. The van der Waals surface area contributed by atoms with Gasteiger partial charge in [-0.1, -0.05) is 0 Å². The second-order valence-electron chi connectivity index (χ2n) is 4.53. The summed E-state index contributed by atoms with van der Waals surface area (Å²) in [6.07, 6.45) is 1.06. The molecule has 0 saturated heterocycles. The van der Waals surface area contributed by atoms with Crippen LogP contribution in [0.2, 0.25) is 0 Å². The highest BCUT2D eigenvalue weighted by atomic mass is 16.5. The zero-order valence-corrected chi connectivity index (χ0v) is 13.6. The van der Waals surface area contributed by atoms with Crippen molar-refractivity contribution in [3.8, 4) is 0 Å². The first-order valence-corrected chi connectivity index (χ1v) is 7.52. The average molecular weight is 288 g/mol. The van der Waals surface area contributed by atoms with Gasteiger partial charge in [-0.3, -0.25) is 4.99 Å². The molecule has 6 nitrogen and oxygen atoms in total. The van der Waals surface area contributed by atoms with Gasteiger partial charge in [-0.25, -0.2) is 0 Å². The zero-order valence-electron chi connectivity index (χ0n) is 13.6. The van der Waals surface area contributed by atoms with Gasteiger partial charge < -0.3 is 25.0 Å². The highest BCUT2D eigenvalue weighted by Crippen LogP contribution is 1.88.